The van der Waals surface area contributed by atoms with Gasteiger partial charge in [-0.05, 0) is 54.5 Å². The molecule has 2 heterocycles. The second kappa shape index (κ2) is 10.0. The average molecular weight is 462 g/mol. The molecule has 0 atom stereocenters. The molecule has 5 rings (SSSR count). The van der Waals surface area contributed by atoms with Crippen LogP contribution < -0.4 is 5.32 Å². The normalized spacial score (nSPS) is 11.1. The first-order chi connectivity index (χ1) is 17.2. The van der Waals surface area contributed by atoms with Gasteiger partial charge in [0.1, 0.15) is 5.82 Å². The van der Waals surface area contributed by atoms with Crippen molar-refractivity contribution in [2.75, 3.05) is 11.9 Å². The predicted octanol–water partition coefficient (Wildman–Crippen LogP) is 6.01. The fourth-order valence-corrected chi connectivity index (χ4v) is 3.73. The molecule has 2 aromatic heterocycles. The number of hydrogen-bond acceptors (Lipinski definition) is 6. The summed E-state index contributed by atoms with van der Waals surface area (Å²) in [5, 5.41) is 11.2. The zero-order valence-corrected chi connectivity index (χ0v) is 19.1. The standard InChI is InChI=1S/C28H23N5O2/c1-2-35-26(34)15-10-19-6-5-7-21(16-19)27-32-25-9-4-3-8-24(25)28(33-27)31-23-13-11-20(12-14-23)22-17-29-30-18-22/h3-18H,2H2,1H3,(H,29,30)(H,31,32,33). The van der Waals surface area contributed by atoms with Crippen LogP contribution in [0, 0.1) is 0 Å². The van der Waals surface area contributed by atoms with Crippen LogP contribution >= 0.6 is 0 Å². The number of anilines is 2. The van der Waals surface area contributed by atoms with E-state index in [1.807, 2.05) is 79.0 Å². The van der Waals surface area contributed by atoms with E-state index in [1.165, 1.54) is 6.08 Å². The van der Waals surface area contributed by atoms with E-state index in [0.717, 1.165) is 38.8 Å². The lowest BCUT2D eigenvalue weighted by Crippen LogP contribution is -2.00. The number of fused-ring (bicyclic) bond motifs is 1. The highest BCUT2D eigenvalue weighted by atomic mass is 16.5. The lowest BCUT2D eigenvalue weighted by molar-refractivity contribution is -0.137. The molecule has 0 aliphatic rings. The maximum Gasteiger partial charge on any atom is 0.330 e. The van der Waals surface area contributed by atoms with Gasteiger partial charge in [-0.25, -0.2) is 14.8 Å². The molecular weight excluding hydrogens is 438 g/mol. The highest BCUT2D eigenvalue weighted by molar-refractivity contribution is 5.92. The summed E-state index contributed by atoms with van der Waals surface area (Å²) in [5.41, 5.74) is 5.56. The maximum absolute atomic E-state index is 11.7. The molecule has 7 heteroatoms. The van der Waals surface area contributed by atoms with Gasteiger partial charge in [0.05, 0.1) is 18.3 Å². The molecule has 0 bridgehead atoms. The van der Waals surface area contributed by atoms with Crippen LogP contribution in [0.15, 0.2) is 91.3 Å². The van der Waals surface area contributed by atoms with Gasteiger partial charge in [0.2, 0.25) is 0 Å². The zero-order valence-electron chi connectivity index (χ0n) is 19.1. The van der Waals surface area contributed by atoms with Gasteiger partial charge in [-0.3, -0.25) is 5.10 Å². The van der Waals surface area contributed by atoms with Crippen LogP contribution in [0.25, 0.3) is 39.5 Å². The molecule has 0 aliphatic heterocycles. The molecule has 0 unspecified atom stereocenters. The van der Waals surface area contributed by atoms with Crippen molar-refractivity contribution in [2.24, 2.45) is 0 Å². The average Bonchev–Trinajstić information content (AvgIpc) is 3.43. The molecule has 2 N–H and O–H groups in total. The van der Waals surface area contributed by atoms with Crippen LogP contribution in [0.2, 0.25) is 0 Å². The van der Waals surface area contributed by atoms with E-state index in [9.17, 15) is 4.79 Å². The van der Waals surface area contributed by atoms with Crippen LogP contribution in [0.4, 0.5) is 11.5 Å². The lowest BCUT2D eigenvalue weighted by Gasteiger charge is -2.12. The third kappa shape index (κ3) is 5.09. The fourth-order valence-electron chi connectivity index (χ4n) is 3.73. The number of H-pyrrole nitrogens is 1. The molecule has 7 nitrogen and oxygen atoms in total. The number of benzene rings is 3. The molecular formula is C28H23N5O2. The number of nitrogens with zero attached hydrogens (tertiary/aromatic N) is 3. The minimum atomic E-state index is -0.370. The molecule has 0 saturated carbocycles. The second-order valence-electron chi connectivity index (χ2n) is 7.81. The van der Waals surface area contributed by atoms with E-state index in [0.29, 0.717) is 18.2 Å². The highest BCUT2D eigenvalue weighted by Gasteiger charge is 2.10. The predicted molar refractivity (Wildman–Crippen MR) is 138 cm³/mol. The minimum Gasteiger partial charge on any atom is -0.463 e. The summed E-state index contributed by atoms with van der Waals surface area (Å²) in [6.45, 7) is 2.12. The van der Waals surface area contributed by atoms with Crippen molar-refractivity contribution >= 4 is 34.5 Å². The Kier molecular flexibility index (Phi) is 6.30. The number of carbonyl (C=O) groups is 1. The molecule has 172 valence electrons. The first-order valence-corrected chi connectivity index (χ1v) is 11.3. The molecule has 0 amide bonds. The van der Waals surface area contributed by atoms with E-state index in [1.54, 1.807) is 19.2 Å². The Balaban J connectivity index is 1.47. The second-order valence-corrected chi connectivity index (χ2v) is 7.81. The van der Waals surface area contributed by atoms with Gasteiger partial charge in [0, 0.05) is 34.5 Å². The summed E-state index contributed by atoms with van der Waals surface area (Å²) in [5.74, 6) is 0.937. The molecule has 0 spiro atoms. The van der Waals surface area contributed by atoms with E-state index < -0.39 is 0 Å². The Hall–Kier alpha value is -4.78. The Bertz CT molecular complexity index is 1490. The minimum absolute atomic E-state index is 0.343. The Morgan fingerprint density at radius 3 is 2.63 bits per heavy atom. The van der Waals surface area contributed by atoms with Crippen LogP contribution in [-0.4, -0.2) is 32.7 Å². The number of para-hydroxylation sites is 1. The van der Waals surface area contributed by atoms with Crippen molar-refractivity contribution in [1.82, 2.24) is 20.2 Å². The van der Waals surface area contributed by atoms with Gasteiger partial charge in [-0.2, -0.15) is 5.10 Å². The van der Waals surface area contributed by atoms with Crippen molar-refractivity contribution in [3.63, 3.8) is 0 Å². The molecule has 35 heavy (non-hydrogen) atoms. The van der Waals surface area contributed by atoms with Crippen LogP contribution in [0.3, 0.4) is 0 Å². The summed E-state index contributed by atoms with van der Waals surface area (Å²) in [6.07, 6.45) is 6.80. The summed E-state index contributed by atoms with van der Waals surface area (Å²) in [6, 6.07) is 23.7. The zero-order chi connectivity index (χ0) is 24.0. The smallest absolute Gasteiger partial charge is 0.330 e. The summed E-state index contributed by atoms with van der Waals surface area (Å²) >= 11 is 0. The highest BCUT2D eigenvalue weighted by Crippen LogP contribution is 2.29. The first kappa shape index (κ1) is 22.0. The van der Waals surface area contributed by atoms with E-state index in [-0.39, 0.29) is 5.97 Å². The van der Waals surface area contributed by atoms with Gasteiger partial charge in [0.15, 0.2) is 5.82 Å². The third-order valence-electron chi connectivity index (χ3n) is 5.43. The number of carbonyl (C=O) groups excluding carboxylic acids is 1. The monoisotopic (exact) mass is 461 g/mol. The van der Waals surface area contributed by atoms with Crippen molar-refractivity contribution in [3.8, 4) is 22.5 Å². The van der Waals surface area contributed by atoms with Crippen LogP contribution in [0.1, 0.15) is 12.5 Å². The molecule has 0 fully saturated rings. The number of rotatable bonds is 7. The Labute approximate surface area is 202 Å². The number of hydrogen-bond donors (Lipinski definition) is 2. The van der Waals surface area contributed by atoms with Gasteiger partial charge in [0.25, 0.3) is 0 Å². The maximum atomic E-state index is 11.7. The summed E-state index contributed by atoms with van der Waals surface area (Å²) in [7, 11) is 0. The molecule has 0 saturated heterocycles. The lowest BCUT2D eigenvalue weighted by atomic mass is 10.1. The number of esters is 1. The Morgan fingerprint density at radius 1 is 0.971 bits per heavy atom. The van der Waals surface area contributed by atoms with Crippen molar-refractivity contribution in [1.29, 1.82) is 0 Å². The van der Waals surface area contributed by atoms with E-state index in [4.69, 9.17) is 14.7 Å². The molecule has 0 radical (unpaired) electrons. The van der Waals surface area contributed by atoms with Crippen molar-refractivity contribution in [3.05, 3.63) is 96.8 Å². The van der Waals surface area contributed by atoms with E-state index >= 15 is 0 Å². The fraction of sp³-hybridized carbons (Fsp3) is 0.0714. The van der Waals surface area contributed by atoms with Crippen molar-refractivity contribution < 1.29 is 9.53 Å². The van der Waals surface area contributed by atoms with Gasteiger partial charge >= 0.3 is 5.97 Å². The van der Waals surface area contributed by atoms with Gasteiger partial charge < -0.3 is 10.1 Å². The quantitative estimate of drug-likeness (QED) is 0.228. The summed E-state index contributed by atoms with van der Waals surface area (Å²) in [4.78, 5) is 21.3. The third-order valence-corrected chi connectivity index (χ3v) is 5.43. The van der Waals surface area contributed by atoms with Crippen LogP contribution in [0.5, 0.6) is 0 Å². The topological polar surface area (TPSA) is 92.8 Å². The number of nitrogens with one attached hydrogen (secondary N) is 2. The molecule has 3 aromatic carbocycles. The van der Waals surface area contributed by atoms with E-state index in [2.05, 4.69) is 15.5 Å². The summed E-state index contributed by atoms with van der Waals surface area (Å²) < 4.78 is 4.96. The molecule has 5 aromatic rings. The number of ether oxygens (including phenoxy) is 1. The first-order valence-electron chi connectivity index (χ1n) is 11.3. The van der Waals surface area contributed by atoms with Gasteiger partial charge in [-0.1, -0.05) is 42.5 Å². The molecule has 0 aliphatic carbocycles. The van der Waals surface area contributed by atoms with Gasteiger partial charge in [-0.15, -0.1) is 0 Å². The largest absolute Gasteiger partial charge is 0.463 e. The number of aromatic nitrogens is 4. The van der Waals surface area contributed by atoms with Crippen LogP contribution in [-0.2, 0) is 9.53 Å². The van der Waals surface area contributed by atoms with Crippen molar-refractivity contribution in [2.45, 2.75) is 6.92 Å². The SMILES string of the molecule is CCOC(=O)C=Cc1cccc(-c2nc(Nc3ccc(-c4cn[nH]c4)cc3)c3ccccc3n2)c1. The number of aromatic amines is 1. The Morgan fingerprint density at radius 2 is 1.83 bits per heavy atom.